The van der Waals surface area contributed by atoms with E-state index < -0.39 is 0 Å². The molecule has 0 aliphatic carbocycles. The van der Waals surface area contributed by atoms with Gasteiger partial charge in [-0.1, -0.05) is 0 Å². The van der Waals surface area contributed by atoms with Gasteiger partial charge in [0.1, 0.15) is 11.6 Å². The summed E-state index contributed by atoms with van der Waals surface area (Å²) >= 11 is 0. The first kappa shape index (κ1) is 21.2. The second-order valence-corrected chi connectivity index (χ2v) is 8.22. The summed E-state index contributed by atoms with van der Waals surface area (Å²) < 4.78 is 5.14. The summed E-state index contributed by atoms with van der Waals surface area (Å²) in [6, 6.07) is 7.15. The summed E-state index contributed by atoms with van der Waals surface area (Å²) in [7, 11) is 1.60. The molecule has 2 fully saturated rings. The topological polar surface area (TPSA) is 87.7 Å². The van der Waals surface area contributed by atoms with Crippen LogP contribution in [0.1, 0.15) is 47.1 Å². The second-order valence-electron chi connectivity index (χ2n) is 8.22. The molecule has 1 aromatic carbocycles. The van der Waals surface area contributed by atoms with Gasteiger partial charge in [-0.2, -0.15) is 0 Å². The van der Waals surface area contributed by atoms with Gasteiger partial charge in [0.05, 0.1) is 24.9 Å². The maximum absolute atomic E-state index is 12.6. The van der Waals surface area contributed by atoms with E-state index in [0.717, 1.165) is 31.8 Å². The maximum Gasteiger partial charge on any atom is 0.259 e. The normalized spacial score (nSPS) is 18.9. The fourth-order valence-corrected chi connectivity index (χ4v) is 4.21. The van der Waals surface area contributed by atoms with Crippen molar-refractivity contribution < 1.29 is 14.3 Å². The second kappa shape index (κ2) is 9.43. The van der Waals surface area contributed by atoms with E-state index in [2.05, 4.69) is 20.2 Å². The number of aryl methyl sites for hydroxylation is 1. The summed E-state index contributed by atoms with van der Waals surface area (Å²) in [6.07, 6.45) is 4.80. The summed E-state index contributed by atoms with van der Waals surface area (Å²) in [5.41, 5.74) is 1.76. The zero-order valence-corrected chi connectivity index (χ0v) is 18.1. The van der Waals surface area contributed by atoms with E-state index in [1.165, 1.54) is 12.8 Å². The number of amides is 2. The van der Waals surface area contributed by atoms with Crippen molar-refractivity contribution in [2.45, 2.75) is 32.1 Å². The van der Waals surface area contributed by atoms with Gasteiger partial charge >= 0.3 is 0 Å². The van der Waals surface area contributed by atoms with Crippen molar-refractivity contribution in [3.63, 3.8) is 0 Å². The van der Waals surface area contributed by atoms with Gasteiger partial charge in [0.2, 0.25) is 5.91 Å². The Morgan fingerprint density at radius 3 is 2.58 bits per heavy atom. The predicted octanol–water partition coefficient (Wildman–Crippen LogP) is 2.46. The van der Waals surface area contributed by atoms with E-state index in [4.69, 9.17) is 4.74 Å². The van der Waals surface area contributed by atoms with E-state index in [9.17, 15) is 9.59 Å². The van der Waals surface area contributed by atoms with Crippen molar-refractivity contribution >= 4 is 17.5 Å². The van der Waals surface area contributed by atoms with Crippen LogP contribution in [0.2, 0.25) is 0 Å². The van der Waals surface area contributed by atoms with Crippen LogP contribution in [-0.2, 0) is 4.79 Å². The van der Waals surface area contributed by atoms with Crippen LogP contribution in [0.25, 0.3) is 0 Å². The van der Waals surface area contributed by atoms with Gasteiger partial charge in [-0.15, -0.1) is 0 Å². The van der Waals surface area contributed by atoms with Crippen LogP contribution in [0.15, 0.2) is 30.5 Å². The molecule has 2 aliphatic rings. The third-order valence-corrected chi connectivity index (χ3v) is 6.05. The molecule has 164 valence electrons. The molecule has 8 nitrogen and oxygen atoms in total. The number of nitrogens with zero attached hydrogens (tertiary/aromatic N) is 4. The molecule has 3 heterocycles. The molecular weight excluding hydrogens is 394 g/mol. The van der Waals surface area contributed by atoms with Crippen molar-refractivity contribution in [1.82, 2.24) is 19.8 Å². The Morgan fingerprint density at radius 1 is 1.16 bits per heavy atom. The number of carbonyl (C=O) groups excluding carboxylic acids is 2. The van der Waals surface area contributed by atoms with E-state index in [0.29, 0.717) is 35.9 Å². The number of hydrogen-bond donors (Lipinski definition) is 1. The number of likely N-dealkylation sites (tertiary alicyclic amines) is 2. The van der Waals surface area contributed by atoms with E-state index in [1.807, 2.05) is 11.8 Å². The van der Waals surface area contributed by atoms with Gasteiger partial charge in [0, 0.05) is 30.9 Å². The largest absolute Gasteiger partial charge is 0.497 e. The highest BCUT2D eigenvalue weighted by Gasteiger charge is 2.30. The zero-order chi connectivity index (χ0) is 21.8. The first-order valence-corrected chi connectivity index (χ1v) is 10.8. The molecule has 8 heteroatoms. The first-order valence-electron chi connectivity index (χ1n) is 10.8. The average molecular weight is 424 g/mol. The number of nitrogens with one attached hydrogen (secondary N) is 1. The molecule has 0 bridgehead atoms. The van der Waals surface area contributed by atoms with Crippen LogP contribution in [0.5, 0.6) is 5.75 Å². The van der Waals surface area contributed by atoms with Gasteiger partial charge in [0.15, 0.2) is 0 Å². The van der Waals surface area contributed by atoms with Gasteiger partial charge in [-0.3, -0.25) is 14.5 Å². The van der Waals surface area contributed by atoms with Crippen LogP contribution in [0.3, 0.4) is 0 Å². The number of anilines is 1. The predicted molar refractivity (Wildman–Crippen MR) is 117 cm³/mol. The number of carbonyl (C=O) groups is 2. The minimum Gasteiger partial charge on any atom is -0.497 e. The number of methoxy groups -OCH3 is 1. The highest BCUT2D eigenvalue weighted by molar-refractivity contribution is 6.04. The summed E-state index contributed by atoms with van der Waals surface area (Å²) in [5.74, 6) is 1.49. The first-order chi connectivity index (χ1) is 15.0. The highest BCUT2D eigenvalue weighted by Crippen LogP contribution is 2.26. The maximum atomic E-state index is 12.6. The Morgan fingerprint density at radius 2 is 1.90 bits per heavy atom. The molecule has 2 amide bonds. The Hall–Kier alpha value is -3.00. The quantitative estimate of drug-likeness (QED) is 0.768. The fourth-order valence-electron chi connectivity index (χ4n) is 4.21. The molecule has 4 rings (SSSR count). The molecule has 2 saturated heterocycles. The summed E-state index contributed by atoms with van der Waals surface area (Å²) in [6.45, 7) is 5.75. The van der Waals surface area contributed by atoms with E-state index in [-0.39, 0.29) is 17.7 Å². The molecule has 31 heavy (non-hydrogen) atoms. The van der Waals surface area contributed by atoms with Crippen LogP contribution in [0, 0.1) is 6.92 Å². The van der Waals surface area contributed by atoms with Gasteiger partial charge in [-0.25, -0.2) is 9.97 Å². The number of ether oxygens (including phenoxy) is 1. The lowest BCUT2D eigenvalue weighted by atomic mass is 10.1. The van der Waals surface area contributed by atoms with Crippen molar-refractivity contribution in [2.75, 3.05) is 45.2 Å². The molecule has 2 aliphatic heterocycles. The molecule has 0 unspecified atom stereocenters. The number of aromatic nitrogens is 2. The zero-order valence-electron chi connectivity index (χ0n) is 18.1. The third kappa shape index (κ3) is 5.02. The Balaban J connectivity index is 1.36. The lowest BCUT2D eigenvalue weighted by Gasteiger charge is -2.20. The Labute approximate surface area is 182 Å². The van der Waals surface area contributed by atoms with Crippen molar-refractivity contribution in [3.8, 4) is 5.75 Å². The molecular formula is C23H29N5O3. The molecule has 1 N–H and O–H groups in total. The SMILES string of the molecule is COc1ccc(NC(=O)c2cnc([C@@H]3CCN(C(=O)CN4CCCC4)C3)nc2C)cc1. The van der Waals surface area contributed by atoms with Gasteiger partial charge < -0.3 is 15.0 Å². The van der Waals surface area contributed by atoms with Crippen molar-refractivity contribution in [2.24, 2.45) is 0 Å². The molecule has 0 radical (unpaired) electrons. The molecule has 0 spiro atoms. The van der Waals surface area contributed by atoms with Crippen molar-refractivity contribution in [1.29, 1.82) is 0 Å². The lowest BCUT2D eigenvalue weighted by Crippen LogP contribution is -2.38. The van der Waals surface area contributed by atoms with Crippen molar-refractivity contribution in [3.05, 3.63) is 47.5 Å². The van der Waals surface area contributed by atoms with Crippen LogP contribution >= 0.6 is 0 Å². The van der Waals surface area contributed by atoms with E-state index in [1.54, 1.807) is 37.6 Å². The summed E-state index contributed by atoms with van der Waals surface area (Å²) in [5, 5.41) is 2.86. The smallest absolute Gasteiger partial charge is 0.259 e. The van der Waals surface area contributed by atoms with E-state index >= 15 is 0 Å². The number of rotatable bonds is 6. The standard InChI is InChI=1S/C23H29N5O3/c1-16-20(23(30)26-18-5-7-19(31-2)8-6-18)13-24-22(25-16)17-9-12-28(14-17)21(29)15-27-10-3-4-11-27/h5-8,13,17H,3-4,9-12,14-15H2,1-2H3,(H,26,30)/t17-/m1/s1. The molecule has 1 atom stereocenters. The highest BCUT2D eigenvalue weighted by atomic mass is 16.5. The summed E-state index contributed by atoms with van der Waals surface area (Å²) in [4.78, 5) is 38.5. The molecule has 1 aromatic heterocycles. The fraction of sp³-hybridized carbons (Fsp3) is 0.478. The molecule has 0 saturated carbocycles. The van der Waals surface area contributed by atoms with Gasteiger partial charge in [-0.05, 0) is 63.5 Å². The van der Waals surface area contributed by atoms with Crippen LogP contribution < -0.4 is 10.1 Å². The monoisotopic (exact) mass is 423 g/mol. The van der Waals surface area contributed by atoms with Crippen LogP contribution in [-0.4, -0.2) is 71.4 Å². The molecule has 2 aromatic rings. The van der Waals surface area contributed by atoms with Gasteiger partial charge in [0.25, 0.3) is 5.91 Å². The average Bonchev–Trinajstić information content (AvgIpc) is 3.46. The number of hydrogen-bond acceptors (Lipinski definition) is 6. The lowest BCUT2D eigenvalue weighted by molar-refractivity contribution is -0.131. The Kier molecular flexibility index (Phi) is 6.46. The van der Waals surface area contributed by atoms with Crippen LogP contribution in [0.4, 0.5) is 5.69 Å². The Bertz CT molecular complexity index is 941. The minimum atomic E-state index is -0.247. The minimum absolute atomic E-state index is 0.111. The number of benzene rings is 1. The third-order valence-electron chi connectivity index (χ3n) is 6.05.